The maximum absolute atomic E-state index is 12.6. The Labute approximate surface area is 190 Å². The number of rotatable bonds is 9. The number of phenols is 1. The molecule has 33 heavy (non-hydrogen) atoms. The number of anilines is 1. The summed E-state index contributed by atoms with van der Waals surface area (Å²) < 4.78 is 10.8. The molecular formula is C23H25N5O5. The summed E-state index contributed by atoms with van der Waals surface area (Å²) in [6.07, 6.45) is 1.43. The van der Waals surface area contributed by atoms with Crippen LogP contribution in [0.3, 0.4) is 0 Å². The molecule has 1 aromatic heterocycles. The SMILES string of the molecule is Nc1ncnc2cc(CN3CCN(COCC(=O)COc4cccc(O)c4)CC3=O)ccc12. The zero-order valence-electron chi connectivity index (χ0n) is 18.0. The summed E-state index contributed by atoms with van der Waals surface area (Å²) in [5, 5.41) is 10.2. The average Bonchev–Trinajstić information content (AvgIpc) is 2.80. The topological polar surface area (TPSA) is 131 Å². The predicted molar refractivity (Wildman–Crippen MR) is 120 cm³/mol. The largest absolute Gasteiger partial charge is 0.508 e. The van der Waals surface area contributed by atoms with Gasteiger partial charge in [-0.15, -0.1) is 0 Å². The number of piperazine rings is 1. The number of nitrogens with zero attached hydrogens (tertiary/aromatic N) is 4. The van der Waals surface area contributed by atoms with E-state index in [9.17, 15) is 14.7 Å². The summed E-state index contributed by atoms with van der Waals surface area (Å²) in [4.78, 5) is 36.4. The molecule has 0 bridgehead atoms. The Morgan fingerprint density at radius 1 is 1.12 bits per heavy atom. The van der Waals surface area contributed by atoms with Gasteiger partial charge in [-0.3, -0.25) is 14.5 Å². The highest BCUT2D eigenvalue weighted by Crippen LogP contribution is 2.20. The Balaban J connectivity index is 1.19. The summed E-state index contributed by atoms with van der Waals surface area (Å²) >= 11 is 0. The van der Waals surface area contributed by atoms with Gasteiger partial charge in [0.05, 0.1) is 12.1 Å². The molecule has 0 spiro atoms. The molecule has 2 aromatic carbocycles. The molecule has 1 saturated heterocycles. The summed E-state index contributed by atoms with van der Waals surface area (Å²) in [5.74, 6) is 0.669. The lowest BCUT2D eigenvalue weighted by Crippen LogP contribution is -2.50. The number of nitrogens with two attached hydrogens (primary N) is 1. The highest BCUT2D eigenvalue weighted by atomic mass is 16.5. The van der Waals surface area contributed by atoms with Crippen molar-refractivity contribution in [3.05, 3.63) is 54.4 Å². The first-order valence-corrected chi connectivity index (χ1v) is 10.5. The highest BCUT2D eigenvalue weighted by molar-refractivity contribution is 5.88. The zero-order chi connectivity index (χ0) is 23.2. The summed E-state index contributed by atoms with van der Waals surface area (Å²) in [7, 11) is 0. The van der Waals surface area contributed by atoms with Crippen molar-refractivity contribution < 1.29 is 24.2 Å². The summed E-state index contributed by atoms with van der Waals surface area (Å²) in [5.41, 5.74) is 7.58. The van der Waals surface area contributed by atoms with E-state index in [4.69, 9.17) is 15.2 Å². The molecule has 3 aromatic rings. The Morgan fingerprint density at radius 3 is 2.82 bits per heavy atom. The van der Waals surface area contributed by atoms with Crippen molar-refractivity contribution in [2.24, 2.45) is 0 Å². The standard InChI is InChI=1S/C23H25N5O5/c24-23-20-5-4-16(8-21(20)25-14-26-23)10-28-7-6-27(11-22(28)31)15-32-12-18(30)13-33-19-3-1-2-17(29)9-19/h1-5,8-9,14,29H,6-7,10-13,15H2,(H2,24,25,26). The van der Waals surface area contributed by atoms with Crippen LogP contribution in [0.25, 0.3) is 10.9 Å². The van der Waals surface area contributed by atoms with E-state index >= 15 is 0 Å². The molecule has 3 N–H and O–H groups in total. The molecule has 2 heterocycles. The van der Waals surface area contributed by atoms with Crippen LogP contribution in [0.15, 0.2) is 48.8 Å². The van der Waals surface area contributed by atoms with Gasteiger partial charge in [-0.25, -0.2) is 9.97 Å². The van der Waals surface area contributed by atoms with Crippen LogP contribution in [0.5, 0.6) is 11.5 Å². The van der Waals surface area contributed by atoms with E-state index in [-0.39, 0.29) is 43.9 Å². The number of Topliss-reactive ketones (excluding diaryl/α,β-unsaturated/α-hetero) is 1. The van der Waals surface area contributed by atoms with Crippen molar-refractivity contribution in [3.63, 3.8) is 0 Å². The van der Waals surface area contributed by atoms with Gasteiger partial charge in [-0.2, -0.15) is 0 Å². The number of phenolic OH excluding ortho intramolecular Hbond substituents is 1. The third-order valence-electron chi connectivity index (χ3n) is 5.26. The normalized spacial score (nSPS) is 14.5. The van der Waals surface area contributed by atoms with Gasteiger partial charge < -0.3 is 25.2 Å². The number of benzene rings is 2. The fourth-order valence-corrected chi connectivity index (χ4v) is 3.54. The van der Waals surface area contributed by atoms with Crippen LogP contribution >= 0.6 is 0 Å². The Hall–Kier alpha value is -3.76. The van der Waals surface area contributed by atoms with Gasteiger partial charge in [0.2, 0.25) is 5.91 Å². The van der Waals surface area contributed by atoms with Crippen LogP contribution in [-0.2, 0) is 20.9 Å². The molecule has 0 unspecified atom stereocenters. The van der Waals surface area contributed by atoms with Crippen molar-refractivity contribution in [2.45, 2.75) is 6.54 Å². The van der Waals surface area contributed by atoms with Crippen LogP contribution in [-0.4, -0.2) is 76.1 Å². The van der Waals surface area contributed by atoms with Crippen molar-refractivity contribution in [3.8, 4) is 11.5 Å². The summed E-state index contributed by atoms with van der Waals surface area (Å²) in [6, 6.07) is 11.9. The van der Waals surface area contributed by atoms with Gasteiger partial charge in [0.15, 0.2) is 5.78 Å². The minimum Gasteiger partial charge on any atom is -0.508 e. The molecule has 1 aliphatic rings. The zero-order valence-corrected chi connectivity index (χ0v) is 18.0. The predicted octanol–water partition coefficient (Wildman–Crippen LogP) is 1.18. The van der Waals surface area contributed by atoms with Gasteiger partial charge in [-0.1, -0.05) is 12.1 Å². The number of aromatic hydroxyl groups is 1. The van der Waals surface area contributed by atoms with E-state index in [2.05, 4.69) is 9.97 Å². The number of carbonyl (C=O) groups is 2. The fourth-order valence-electron chi connectivity index (χ4n) is 3.54. The van der Waals surface area contributed by atoms with Crippen molar-refractivity contribution in [1.82, 2.24) is 19.8 Å². The molecule has 10 heteroatoms. The number of ketones is 1. The molecule has 0 atom stereocenters. The minimum atomic E-state index is -0.232. The number of ether oxygens (including phenoxy) is 2. The van der Waals surface area contributed by atoms with Gasteiger partial charge in [0.1, 0.15) is 43.6 Å². The molecule has 10 nitrogen and oxygen atoms in total. The van der Waals surface area contributed by atoms with E-state index < -0.39 is 0 Å². The summed E-state index contributed by atoms with van der Waals surface area (Å²) in [6.45, 7) is 1.81. The number of fused-ring (bicyclic) bond motifs is 1. The second-order valence-electron chi connectivity index (χ2n) is 7.78. The van der Waals surface area contributed by atoms with Crippen molar-refractivity contribution in [1.29, 1.82) is 0 Å². The molecule has 1 fully saturated rings. The molecule has 4 rings (SSSR count). The first-order chi connectivity index (χ1) is 16.0. The average molecular weight is 451 g/mol. The molecule has 1 aliphatic heterocycles. The number of nitrogen functional groups attached to an aromatic ring is 1. The molecule has 1 amide bonds. The smallest absolute Gasteiger partial charge is 0.237 e. The van der Waals surface area contributed by atoms with Crippen molar-refractivity contribution >= 4 is 28.4 Å². The van der Waals surface area contributed by atoms with Crippen LogP contribution in [0.1, 0.15) is 5.56 Å². The Bertz CT molecular complexity index is 1160. The number of carbonyl (C=O) groups excluding carboxylic acids is 2. The molecule has 172 valence electrons. The quantitative estimate of drug-likeness (QED) is 0.492. The highest BCUT2D eigenvalue weighted by Gasteiger charge is 2.24. The molecule has 0 radical (unpaired) electrons. The van der Waals surface area contributed by atoms with Gasteiger partial charge in [0.25, 0.3) is 0 Å². The van der Waals surface area contributed by atoms with Crippen molar-refractivity contribution in [2.75, 3.05) is 45.3 Å². The number of hydrogen-bond donors (Lipinski definition) is 2. The lowest BCUT2D eigenvalue weighted by molar-refractivity contribution is -0.140. The second kappa shape index (κ2) is 10.2. The van der Waals surface area contributed by atoms with Crippen LogP contribution in [0, 0.1) is 0 Å². The third-order valence-corrected chi connectivity index (χ3v) is 5.26. The number of hydrogen-bond acceptors (Lipinski definition) is 9. The molecule has 0 saturated carbocycles. The van der Waals surface area contributed by atoms with E-state index in [0.29, 0.717) is 31.2 Å². The molecule has 0 aliphatic carbocycles. The van der Waals surface area contributed by atoms with E-state index in [1.807, 2.05) is 23.1 Å². The second-order valence-corrected chi connectivity index (χ2v) is 7.78. The fraction of sp³-hybridized carbons (Fsp3) is 0.304. The van der Waals surface area contributed by atoms with Crippen LogP contribution in [0.4, 0.5) is 5.82 Å². The Morgan fingerprint density at radius 2 is 2.00 bits per heavy atom. The third kappa shape index (κ3) is 5.93. The van der Waals surface area contributed by atoms with E-state index in [1.54, 1.807) is 17.0 Å². The van der Waals surface area contributed by atoms with Gasteiger partial charge in [-0.05, 0) is 29.8 Å². The first kappa shape index (κ1) is 22.4. The first-order valence-electron chi connectivity index (χ1n) is 10.5. The van der Waals surface area contributed by atoms with Gasteiger partial charge >= 0.3 is 0 Å². The Kier molecular flexibility index (Phi) is 6.96. The monoisotopic (exact) mass is 451 g/mol. The minimum absolute atomic E-state index is 0.00862. The van der Waals surface area contributed by atoms with Crippen LogP contribution < -0.4 is 10.5 Å². The number of amides is 1. The molecular weight excluding hydrogens is 426 g/mol. The van der Waals surface area contributed by atoms with E-state index in [1.165, 1.54) is 18.5 Å². The van der Waals surface area contributed by atoms with Crippen LogP contribution in [0.2, 0.25) is 0 Å². The number of aromatic nitrogens is 2. The lowest BCUT2D eigenvalue weighted by atomic mass is 10.1. The maximum Gasteiger partial charge on any atom is 0.237 e. The lowest BCUT2D eigenvalue weighted by Gasteiger charge is -2.34. The maximum atomic E-state index is 12.6. The van der Waals surface area contributed by atoms with E-state index in [0.717, 1.165) is 16.5 Å². The van der Waals surface area contributed by atoms with Gasteiger partial charge in [0, 0.05) is 31.1 Å².